The van der Waals surface area contributed by atoms with Gasteiger partial charge in [-0.05, 0) is 52.6 Å². The van der Waals surface area contributed by atoms with E-state index in [0.717, 1.165) is 34.0 Å². The molecule has 1 amide bonds. The summed E-state index contributed by atoms with van der Waals surface area (Å²) in [6.07, 6.45) is 1.69. The number of amides is 1. The van der Waals surface area contributed by atoms with Crippen LogP contribution >= 0.6 is 0 Å². The molecular formula is C27H27F3N4O2. The number of halogens is 3. The number of carboxylic acid groups (broad SMARTS) is 1. The second-order valence-electron chi connectivity index (χ2n) is 9.91. The molecule has 0 aliphatic heterocycles. The predicted octanol–water partition coefficient (Wildman–Crippen LogP) is 6.58. The average molecular weight is 497 g/mol. The Kier molecular flexibility index (Phi) is 6.75. The van der Waals surface area contributed by atoms with Gasteiger partial charge in [-0.1, -0.05) is 45.0 Å². The van der Waals surface area contributed by atoms with Crippen molar-refractivity contribution in [3.8, 4) is 11.1 Å². The van der Waals surface area contributed by atoms with Crippen molar-refractivity contribution in [2.75, 3.05) is 0 Å². The van der Waals surface area contributed by atoms with Gasteiger partial charge in [0, 0.05) is 29.5 Å². The molecule has 2 N–H and O–H groups in total. The molecule has 0 radical (unpaired) electrons. The molecule has 0 aliphatic rings. The monoisotopic (exact) mass is 496 g/mol. The van der Waals surface area contributed by atoms with Gasteiger partial charge < -0.3 is 10.4 Å². The number of nitrogens with zero attached hydrogens (tertiary/aromatic N) is 3. The van der Waals surface area contributed by atoms with Crippen LogP contribution in [0.1, 0.15) is 37.9 Å². The Morgan fingerprint density at radius 3 is 2.36 bits per heavy atom. The summed E-state index contributed by atoms with van der Waals surface area (Å²) in [7, 11) is 0. The highest BCUT2D eigenvalue weighted by atomic mass is 19.4. The molecule has 2 aromatic heterocycles. The summed E-state index contributed by atoms with van der Waals surface area (Å²) in [5, 5.41) is 18.8. The van der Waals surface area contributed by atoms with Crippen molar-refractivity contribution in [1.29, 1.82) is 0 Å². The van der Waals surface area contributed by atoms with Crippen LogP contribution in [0, 0.1) is 5.41 Å². The lowest BCUT2D eigenvalue weighted by atomic mass is 9.80. The number of aromatic nitrogens is 3. The molecule has 0 spiro atoms. The fourth-order valence-corrected chi connectivity index (χ4v) is 4.57. The van der Waals surface area contributed by atoms with Crippen LogP contribution in [0.2, 0.25) is 0 Å². The number of benzene rings is 2. The zero-order valence-electron chi connectivity index (χ0n) is 20.1. The lowest BCUT2D eigenvalue weighted by Gasteiger charge is -2.37. The van der Waals surface area contributed by atoms with E-state index in [0.29, 0.717) is 5.56 Å². The molecule has 2 heterocycles. The van der Waals surface area contributed by atoms with Gasteiger partial charge in [0.2, 0.25) is 0 Å². The predicted molar refractivity (Wildman–Crippen MR) is 132 cm³/mol. The largest absolute Gasteiger partial charge is 0.465 e. The number of hydrogen-bond acceptors (Lipinski definition) is 3. The molecule has 4 aromatic rings. The Balaban J connectivity index is 1.68. The van der Waals surface area contributed by atoms with Gasteiger partial charge in [0.15, 0.2) is 0 Å². The van der Waals surface area contributed by atoms with Crippen LogP contribution < -0.4 is 5.32 Å². The number of rotatable bonds is 6. The van der Waals surface area contributed by atoms with E-state index in [-0.39, 0.29) is 6.42 Å². The van der Waals surface area contributed by atoms with E-state index in [4.69, 9.17) is 0 Å². The fourth-order valence-electron chi connectivity index (χ4n) is 4.57. The summed E-state index contributed by atoms with van der Waals surface area (Å²) >= 11 is 0. The average Bonchev–Trinajstić information content (AvgIpc) is 3.26. The van der Waals surface area contributed by atoms with Crippen LogP contribution in [-0.4, -0.2) is 32.0 Å². The summed E-state index contributed by atoms with van der Waals surface area (Å²) in [5.41, 5.74) is 1.23. The Morgan fingerprint density at radius 2 is 1.72 bits per heavy atom. The maximum atomic E-state index is 13.0. The standard InChI is InChI=1S/C27H27F3N4O2/c1-26(2,3)24(23(33-25(35)36)12-17-4-8-22(9-5-17)27(28,29)30)34-16-21(15-32-34)18-6-7-20-14-31-11-10-19(20)13-18/h4-11,13-16,23-24,33H,12H2,1-3H3,(H,35,36). The molecule has 188 valence electrons. The van der Waals surface area contributed by atoms with Crippen LogP contribution in [0.15, 0.2) is 73.3 Å². The molecule has 2 atom stereocenters. The van der Waals surface area contributed by atoms with Crippen LogP contribution in [0.5, 0.6) is 0 Å². The summed E-state index contributed by atoms with van der Waals surface area (Å²) in [5.74, 6) is 0. The second kappa shape index (κ2) is 9.64. The molecule has 4 rings (SSSR count). The van der Waals surface area contributed by atoms with E-state index in [1.54, 1.807) is 23.3 Å². The number of alkyl halides is 3. The third kappa shape index (κ3) is 5.67. The normalized spacial score (nSPS) is 13.9. The SMILES string of the molecule is CC(C)(C)C(C(Cc1ccc(C(F)(F)F)cc1)NC(=O)O)n1cc(-c2ccc3cnccc3c2)cn1. The molecule has 0 saturated heterocycles. The Labute approximate surface area is 206 Å². The number of fused-ring (bicyclic) bond motifs is 1. The zero-order valence-corrected chi connectivity index (χ0v) is 20.1. The Bertz CT molecular complexity index is 1360. The van der Waals surface area contributed by atoms with Gasteiger partial charge in [-0.3, -0.25) is 9.67 Å². The van der Waals surface area contributed by atoms with E-state index in [1.807, 2.05) is 51.2 Å². The number of pyridine rings is 1. The van der Waals surface area contributed by atoms with Crippen molar-refractivity contribution < 1.29 is 23.1 Å². The maximum Gasteiger partial charge on any atom is 0.416 e. The topological polar surface area (TPSA) is 80.0 Å². The van der Waals surface area contributed by atoms with E-state index >= 15 is 0 Å². The molecule has 6 nitrogen and oxygen atoms in total. The number of carbonyl (C=O) groups is 1. The van der Waals surface area contributed by atoms with Crippen LogP contribution in [-0.2, 0) is 12.6 Å². The van der Waals surface area contributed by atoms with Crippen molar-refractivity contribution in [3.05, 3.63) is 84.4 Å². The minimum absolute atomic E-state index is 0.199. The van der Waals surface area contributed by atoms with Gasteiger partial charge in [0.25, 0.3) is 0 Å². The first-order valence-corrected chi connectivity index (χ1v) is 11.5. The van der Waals surface area contributed by atoms with Crippen LogP contribution in [0.3, 0.4) is 0 Å². The summed E-state index contributed by atoms with van der Waals surface area (Å²) < 4.78 is 40.7. The van der Waals surface area contributed by atoms with E-state index < -0.39 is 35.3 Å². The highest BCUT2D eigenvalue weighted by Gasteiger charge is 2.36. The zero-order chi connectivity index (χ0) is 26.1. The van der Waals surface area contributed by atoms with Gasteiger partial charge in [-0.15, -0.1) is 0 Å². The third-order valence-corrected chi connectivity index (χ3v) is 6.17. The lowest BCUT2D eigenvalue weighted by Crippen LogP contribution is -2.47. The number of hydrogen-bond donors (Lipinski definition) is 2. The van der Waals surface area contributed by atoms with Crippen molar-refractivity contribution in [2.24, 2.45) is 5.41 Å². The van der Waals surface area contributed by atoms with Crippen molar-refractivity contribution in [2.45, 2.75) is 45.5 Å². The van der Waals surface area contributed by atoms with E-state index in [9.17, 15) is 23.1 Å². The van der Waals surface area contributed by atoms with Gasteiger partial charge in [0.1, 0.15) is 0 Å². The molecule has 2 aromatic carbocycles. The van der Waals surface area contributed by atoms with Crippen molar-refractivity contribution >= 4 is 16.9 Å². The maximum absolute atomic E-state index is 13.0. The molecule has 0 bridgehead atoms. The van der Waals surface area contributed by atoms with Gasteiger partial charge in [0.05, 0.1) is 23.8 Å². The van der Waals surface area contributed by atoms with Crippen LogP contribution in [0.4, 0.5) is 18.0 Å². The minimum Gasteiger partial charge on any atom is -0.465 e. The minimum atomic E-state index is -4.43. The third-order valence-electron chi connectivity index (χ3n) is 6.17. The first kappa shape index (κ1) is 25.2. The van der Waals surface area contributed by atoms with Gasteiger partial charge in [-0.25, -0.2) is 4.79 Å². The summed E-state index contributed by atoms with van der Waals surface area (Å²) in [4.78, 5) is 15.8. The molecule has 0 saturated carbocycles. The number of nitrogens with one attached hydrogen (secondary N) is 1. The van der Waals surface area contributed by atoms with Gasteiger partial charge in [-0.2, -0.15) is 18.3 Å². The lowest BCUT2D eigenvalue weighted by molar-refractivity contribution is -0.137. The quantitative estimate of drug-likeness (QED) is 0.316. The summed E-state index contributed by atoms with van der Waals surface area (Å²) in [6, 6.07) is 11.7. The highest BCUT2D eigenvalue weighted by Crippen LogP contribution is 2.36. The molecule has 2 unspecified atom stereocenters. The first-order chi connectivity index (χ1) is 16.9. The molecule has 9 heteroatoms. The van der Waals surface area contributed by atoms with Crippen molar-refractivity contribution in [1.82, 2.24) is 20.1 Å². The highest BCUT2D eigenvalue weighted by molar-refractivity contribution is 5.86. The van der Waals surface area contributed by atoms with Crippen LogP contribution in [0.25, 0.3) is 21.9 Å². The molecule has 36 heavy (non-hydrogen) atoms. The second-order valence-corrected chi connectivity index (χ2v) is 9.91. The van der Waals surface area contributed by atoms with E-state index in [1.165, 1.54) is 12.1 Å². The summed E-state index contributed by atoms with van der Waals surface area (Å²) in [6.45, 7) is 5.93. The molecule has 0 fully saturated rings. The van der Waals surface area contributed by atoms with Gasteiger partial charge >= 0.3 is 12.3 Å². The molecular weight excluding hydrogens is 469 g/mol. The van der Waals surface area contributed by atoms with E-state index in [2.05, 4.69) is 15.4 Å². The fraction of sp³-hybridized carbons (Fsp3) is 0.296. The first-order valence-electron chi connectivity index (χ1n) is 11.5. The molecule has 0 aliphatic carbocycles. The Hall–Kier alpha value is -3.88. The Morgan fingerprint density at radius 1 is 1.00 bits per heavy atom. The smallest absolute Gasteiger partial charge is 0.416 e. The van der Waals surface area contributed by atoms with Crippen molar-refractivity contribution in [3.63, 3.8) is 0 Å².